The predicted octanol–water partition coefficient (Wildman–Crippen LogP) is 6.28. The molecule has 10 heteroatoms. The van der Waals surface area contributed by atoms with Crippen molar-refractivity contribution in [3.63, 3.8) is 0 Å². The molecule has 0 unspecified atom stereocenters. The lowest BCUT2D eigenvalue weighted by atomic mass is 9.96. The molecule has 3 rings (SSSR count). The maximum absolute atomic E-state index is 14.5. The van der Waals surface area contributed by atoms with Crippen LogP contribution in [-0.4, -0.2) is 38.4 Å². The van der Waals surface area contributed by atoms with Gasteiger partial charge < -0.3 is 24.6 Å². The van der Waals surface area contributed by atoms with Crippen LogP contribution in [0.5, 0.6) is 17.2 Å². The second kappa shape index (κ2) is 12.6. The molecule has 0 spiro atoms. The van der Waals surface area contributed by atoms with Gasteiger partial charge in [0, 0.05) is 30.1 Å². The lowest BCUT2D eigenvalue weighted by Crippen LogP contribution is -2.24. The monoisotopic (exact) mass is 535 g/mol. The Morgan fingerprint density at radius 3 is 2.45 bits per heavy atom. The van der Waals surface area contributed by atoms with Crippen LogP contribution in [0.1, 0.15) is 36.1 Å². The van der Waals surface area contributed by atoms with E-state index in [1.54, 1.807) is 7.11 Å². The van der Waals surface area contributed by atoms with E-state index in [0.717, 1.165) is 23.8 Å². The van der Waals surface area contributed by atoms with Gasteiger partial charge in [0.05, 0.1) is 19.8 Å². The summed E-state index contributed by atoms with van der Waals surface area (Å²) < 4.78 is 71.8. The summed E-state index contributed by atoms with van der Waals surface area (Å²) in [6.45, 7) is 2.38. The smallest absolute Gasteiger partial charge is 0.416 e. The van der Waals surface area contributed by atoms with Crippen LogP contribution in [-0.2, 0) is 17.4 Å². The van der Waals surface area contributed by atoms with Gasteiger partial charge in [-0.1, -0.05) is 12.1 Å². The Bertz CT molecular complexity index is 1260. The highest BCUT2D eigenvalue weighted by Gasteiger charge is 2.32. The number of halogens is 4. The number of benzene rings is 3. The maximum Gasteiger partial charge on any atom is 0.416 e. The lowest BCUT2D eigenvalue weighted by molar-refractivity contribution is -0.138. The van der Waals surface area contributed by atoms with Gasteiger partial charge in [0.25, 0.3) is 0 Å². The first kappa shape index (κ1) is 28.8. The molecule has 0 aliphatic heterocycles. The first-order chi connectivity index (χ1) is 18.0. The van der Waals surface area contributed by atoms with Gasteiger partial charge in [0.1, 0.15) is 29.7 Å². The highest BCUT2D eigenvalue weighted by atomic mass is 19.4. The number of hydrogen-bond acceptors (Lipinski definition) is 5. The van der Waals surface area contributed by atoms with E-state index >= 15 is 0 Å². The Kier molecular flexibility index (Phi) is 9.57. The number of carbonyl (C=O) groups is 1. The molecule has 2 N–H and O–H groups in total. The molecule has 0 heterocycles. The normalized spacial score (nSPS) is 12.2. The Morgan fingerprint density at radius 2 is 1.79 bits per heavy atom. The molecule has 0 radical (unpaired) electrons. The van der Waals surface area contributed by atoms with Crippen molar-refractivity contribution in [2.75, 3.05) is 27.4 Å². The van der Waals surface area contributed by atoms with Crippen molar-refractivity contribution >= 4 is 5.97 Å². The van der Waals surface area contributed by atoms with Gasteiger partial charge in [-0.25, -0.2) is 4.39 Å². The van der Waals surface area contributed by atoms with Crippen LogP contribution < -0.4 is 19.5 Å². The minimum atomic E-state index is -4.66. The van der Waals surface area contributed by atoms with E-state index in [4.69, 9.17) is 19.3 Å². The first-order valence-electron chi connectivity index (χ1n) is 11.8. The Balaban J connectivity index is 1.83. The number of carboxylic acids is 1. The van der Waals surface area contributed by atoms with Crippen molar-refractivity contribution in [3.8, 4) is 28.4 Å². The Hall–Kier alpha value is -3.79. The number of methoxy groups -OCH3 is 2. The molecule has 0 bridgehead atoms. The number of aliphatic carboxylic acids is 1. The summed E-state index contributed by atoms with van der Waals surface area (Å²) in [5.74, 6) is -1.17. The average molecular weight is 536 g/mol. The fourth-order valence-electron chi connectivity index (χ4n) is 4.00. The van der Waals surface area contributed by atoms with E-state index in [1.165, 1.54) is 19.2 Å². The summed E-state index contributed by atoms with van der Waals surface area (Å²) in [6, 6.07) is 13.1. The third-order valence-electron chi connectivity index (χ3n) is 5.96. The molecule has 1 atom stereocenters. The summed E-state index contributed by atoms with van der Waals surface area (Å²) in [7, 11) is 2.83. The summed E-state index contributed by atoms with van der Waals surface area (Å²) in [4.78, 5) is 11.0. The van der Waals surface area contributed by atoms with Crippen LogP contribution in [0.3, 0.4) is 0 Å². The molecule has 0 fully saturated rings. The van der Waals surface area contributed by atoms with Crippen molar-refractivity contribution in [2.24, 2.45) is 0 Å². The molecular formula is C28H29F4NO5. The molecule has 3 aromatic carbocycles. The summed E-state index contributed by atoms with van der Waals surface area (Å²) in [6.07, 6.45) is -5.21. The molecule has 0 aromatic heterocycles. The molecule has 0 aliphatic carbocycles. The van der Waals surface area contributed by atoms with Crippen LogP contribution >= 0.6 is 0 Å². The van der Waals surface area contributed by atoms with E-state index in [9.17, 15) is 22.4 Å². The second-order valence-corrected chi connectivity index (χ2v) is 8.55. The highest BCUT2D eigenvalue weighted by molar-refractivity contribution is 5.75. The maximum atomic E-state index is 14.5. The third kappa shape index (κ3) is 7.38. The summed E-state index contributed by atoms with van der Waals surface area (Å²) >= 11 is 0. The van der Waals surface area contributed by atoms with Crippen LogP contribution in [0.25, 0.3) is 11.1 Å². The highest BCUT2D eigenvalue weighted by Crippen LogP contribution is 2.40. The molecular weight excluding hydrogens is 506 g/mol. The van der Waals surface area contributed by atoms with Crippen LogP contribution in [0.4, 0.5) is 17.6 Å². The zero-order chi connectivity index (χ0) is 27.9. The zero-order valence-corrected chi connectivity index (χ0v) is 21.2. The fraction of sp³-hybridized carbons (Fsp3) is 0.321. The quantitative estimate of drug-likeness (QED) is 0.210. The molecule has 0 amide bonds. The van der Waals surface area contributed by atoms with Crippen molar-refractivity contribution in [1.82, 2.24) is 5.32 Å². The van der Waals surface area contributed by atoms with E-state index in [0.29, 0.717) is 12.3 Å². The number of alkyl halides is 3. The topological polar surface area (TPSA) is 77.0 Å². The first-order valence-corrected chi connectivity index (χ1v) is 11.8. The molecule has 3 aromatic rings. The number of carboxylic acid groups (broad SMARTS) is 1. The molecule has 38 heavy (non-hydrogen) atoms. The van der Waals surface area contributed by atoms with E-state index in [2.05, 4.69) is 5.32 Å². The number of nitrogens with one attached hydrogen (secondary N) is 1. The molecule has 0 saturated carbocycles. The van der Waals surface area contributed by atoms with E-state index in [-0.39, 0.29) is 53.7 Å². The largest absolute Gasteiger partial charge is 0.497 e. The van der Waals surface area contributed by atoms with Crippen molar-refractivity contribution in [3.05, 3.63) is 77.1 Å². The Morgan fingerprint density at radius 1 is 1.03 bits per heavy atom. The van der Waals surface area contributed by atoms with E-state index < -0.39 is 23.5 Å². The fourth-order valence-corrected chi connectivity index (χ4v) is 4.00. The molecule has 6 nitrogen and oxygen atoms in total. The van der Waals surface area contributed by atoms with Crippen LogP contribution in [0.2, 0.25) is 0 Å². The van der Waals surface area contributed by atoms with Crippen LogP contribution in [0, 0.1) is 5.82 Å². The predicted molar refractivity (Wildman–Crippen MR) is 134 cm³/mol. The van der Waals surface area contributed by atoms with Gasteiger partial charge in [0.15, 0.2) is 0 Å². The summed E-state index contributed by atoms with van der Waals surface area (Å²) in [5, 5.41) is 12.2. The van der Waals surface area contributed by atoms with Crippen molar-refractivity contribution < 1.29 is 41.7 Å². The number of hydrogen-bond donors (Lipinski definition) is 2. The summed E-state index contributed by atoms with van der Waals surface area (Å²) in [5.41, 5.74) is 0.299. The van der Waals surface area contributed by atoms with Gasteiger partial charge in [0.2, 0.25) is 0 Å². The van der Waals surface area contributed by atoms with Gasteiger partial charge >= 0.3 is 12.1 Å². The van der Waals surface area contributed by atoms with Gasteiger partial charge in [-0.3, -0.25) is 4.79 Å². The van der Waals surface area contributed by atoms with Crippen molar-refractivity contribution in [1.29, 1.82) is 0 Å². The molecule has 0 saturated heterocycles. The van der Waals surface area contributed by atoms with Gasteiger partial charge in [-0.15, -0.1) is 0 Å². The van der Waals surface area contributed by atoms with E-state index in [1.807, 2.05) is 31.2 Å². The van der Waals surface area contributed by atoms with Gasteiger partial charge in [-0.05, 0) is 66.9 Å². The lowest BCUT2D eigenvalue weighted by Gasteiger charge is -2.18. The van der Waals surface area contributed by atoms with Crippen molar-refractivity contribution in [2.45, 2.75) is 32.0 Å². The number of rotatable bonds is 12. The molecule has 0 aliphatic rings. The molecule has 204 valence electrons. The minimum absolute atomic E-state index is 0.0229. The minimum Gasteiger partial charge on any atom is -0.497 e. The van der Waals surface area contributed by atoms with Gasteiger partial charge in [-0.2, -0.15) is 13.2 Å². The average Bonchev–Trinajstić information content (AvgIpc) is 2.89. The number of ether oxygens (including phenoxy) is 3. The third-order valence-corrected chi connectivity index (χ3v) is 5.96. The standard InChI is InChI=1S/C28H29F4NO5/c1-17(18-5-4-6-21(14-18)36-2)33-11-12-38-22-15-19(13-20(16-22)28(30,31)32)23-7-9-25(29)24(27(23)37-3)8-10-26(34)35/h4-7,9,13-17,33H,8,10-12H2,1-3H3,(H,34,35)/t17-/m1/s1. The second-order valence-electron chi connectivity index (χ2n) is 8.55. The zero-order valence-electron chi connectivity index (χ0n) is 21.2. The SMILES string of the molecule is COc1cccc([C@@H](C)NCCOc2cc(-c3ccc(F)c(CCC(=O)O)c3OC)cc(C(F)(F)F)c2)c1. The Labute approximate surface area is 218 Å². The van der Waals surface area contributed by atoms with Crippen LogP contribution in [0.15, 0.2) is 54.6 Å².